The Hall–Kier alpha value is -3.80. The Kier molecular flexibility index (Phi) is 7.48. The van der Waals surface area contributed by atoms with E-state index in [0.717, 1.165) is 15.4 Å². The second-order valence-corrected chi connectivity index (χ2v) is 9.23. The van der Waals surface area contributed by atoms with Crippen molar-refractivity contribution in [3.8, 4) is 17.3 Å². The Bertz CT molecular complexity index is 1390. The van der Waals surface area contributed by atoms with Crippen molar-refractivity contribution in [3.05, 3.63) is 106 Å². The van der Waals surface area contributed by atoms with Gasteiger partial charge in [-0.15, -0.1) is 0 Å². The molecule has 1 aromatic heterocycles. The lowest BCUT2D eigenvalue weighted by Gasteiger charge is -2.08. The van der Waals surface area contributed by atoms with Gasteiger partial charge in [0.25, 0.3) is 5.56 Å². The highest BCUT2D eigenvalue weighted by Gasteiger charge is 2.14. The topological polar surface area (TPSA) is 95.8 Å². The number of nitrogens with one attached hydrogen (secondary N) is 1. The summed E-state index contributed by atoms with van der Waals surface area (Å²) in [7, 11) is 1.34. The molecule has 0 fully saturated rings. The van der Waals surface area contributed by atoms with E-state index in [1.807, 2.05) is 72.8 Å². The molecule has 0 aliphatic rings. The van der Waals surface area contributed by atoms with Crippen LogP contribution < -0.4 is 5.56 Å². The molecule has 0 unspecified atom stereocenters. The normalized spacial score (nSPS) is 10.5. The number of thioether (sulfide) groups is 1. The van der Waals surface area contributed by atoms with Gasteiger partial charge in [-0.2, -0.15) is 5.26 Å². The maximum Gasteiger partial charge on any atom is 0.337 e. The number of carbonyl (C=O) groups is 1. The molecular weight excluding hydrogens is 466 g/mol. The summed E-state index contributed by atoms with van der Waals surface area (Å²) in [5.74, 6) is 0.137. The number of ether oxygens (including phenoxy) is 1. The highest BCUT2D eigenvalue weighted by Crippen LogP contribution is 2.30. The monoisotopic (exact) mass is 485 g/mol. The molecule has 0 radical (unpaired) electrons. The number of hydrogen-bond donors (Lipinski definition) is 1. The zero-order valence-electron chi connectivity index (χ0n) is 18.1. The second kappa shape index (κ2) is 10.9. The molecule has 1 heterocycles. The molecule has 168 valence electrons. The van der Waals surface area contributed by atoms with Gasteiger partial charge in [-0.25, -0.2) is 9.78 Å². The molecule has 4 rings (SSSR count). The van der Waals surface area contributed by atoms with Crippen LogP contribution in [-0.2, 0) is 10.5 Å². The molecular formula is C26H19N3O3S2. The van der Waals surface area contributed by atoms with Gasteiger partial charge in [0, 0.05) is 21.1 Å². The van der Waals surface area contributed by atoms with Crippen LogP contribution >= 0.6 is 23.5 Å². The Morgan fingerprint density at radius 3 is 2.32 bits per heavy atom. The summed E-state index contributed by atoms with van der Waals surface area (Å²) in [6.07, 6.45) is 0. The summed E-state index contributed by atoms with van der Waals surface area (Å²) in [5.41, 5.74) is 1.98. The molecule has 0 saturated carbocycles. The van der Waals surface area contributed by atoms with E-state index in [2.05, 4.69) is 9.97 Å². The molecule has 8 heteroatoms. The second-order valence-electron chi connectivity index (χ2n) is 7.12. The number of hydrogen-bond acceptors (Lipinski definition) is 7. The summed E-state index contributed by atoms with van der Waals surface area (Å²) in [4.78, 5) is 33.6. The standard InChI is InChI=1S/C26H19N3O3S2/c1-32-25(31)19-9-7-17(8-10-19)16-33-26-28-23(22(15-27)24(30)29-26)18-11-13-21(14-12-18)34-20-5-3-2-4-6-20/h2-14H,16H2,1H3,(H,28,29,30). The van der Waals surface area contributed by atoms with E-state index in [0.29, 0.717) is 27.7 Å². The third-order valence-electron chi connectivity index (χ3n) is 4.87. The first-order chi connectivity index (χ1) is 16.6. The lowest BCUT2D eigenvalue weighted by Crippen LogP contribution is -2.14. The highest BCUT2D eigenvalue weighted by atomic mass is 32.2. The van der Waals surface area contributed by atoms with E-state index in [1.54, 1.807) is 23.9 Å². The summed E-state index contributed by atoms with van der Waals surface area (Å²) in [6, 6.07) is 26.7. The van der Waals surface area contributed by atoms with Crippen molar-refractivity contribution in [1.29, 1.82) is 5.26 Å². The van der Waals surface area contributed by atoms with Gasteiger partial charge in [-0.05, 0) is 42.0 Å². The molecule has 1 N–H and O–H groups in total. The minimum atomic E-state index is -0.473. The van der Waals surface area contributed by atoms with Crippen molar-refractivity contribution in [2.75, 3.05) is 7.11 Å². The quantitative estimate of drug-likeness (QED) is 0.209. The zero-order valence-corrected chi connectivity index (χ0v) is 19.8. The molecule has 4 aromatic rings. The van der Waals surface area contributed by atoms with Crippen LogP contribution in [0.3, 0.4) is 0 Å². The average Bonchev–Trinajstić information content (AvgIpc) is 2.88. The van der Waals surface area contributed by atoms with Gasteiger partial charge in [0.15, 0.2) is 5.16 Å². The Morgan fingerprint density at radius 2 is 1.68 bits per heavy atom. The van der Waals surface area contributed by atoms with E-state index in [9.17, 15) is 14.9 Å². The van der Waals surface area contributed by atoms with Gasteiger partial charge >= 0.3 is 5.97 Å². The van der Waals surface area contributed by atoms with Crippen LogP contribution in [0, 0.1) is 11.3 Å². The van der Waals surface area contributed by atoms with Gasteiger partial charge < -0.3 is 9.72 Å². The smallest absolute Gasteiger partial charge is 0.337 e. The Balaban J connectivity index is 1.54. The largest absolute Gasteiger partial charge is 0.465 e. The van der Waals surface area contributed by atoms with Crippen LogP contribution in [0.1, 0.15) is 21.5 Å². The number of benzene rings is 3. The van der Waals surface area contributed by atoms with Crippen molar-refractivity contribution < 1.29 is 9.53 Å². The molecule has 0 aliphatic carbocycles. The fourth-order valence-corrected chi connectivity index (χ4v) is 4.80. The Labute approximate surface area is 205 Å². The van der Waals surface area contributed by atoms with Crippen LogP contribution in [0.25, 0.3) is 11.3 Å². The molecule has 0 atom stereocenters. The Morgan fingerprint density at radius 1 is 1.00 bits per heavy atom. The van der Waals surface area contributed by atoms with Crippen molar-refractivity contribution in [2.45, 2.75) is 20.7 Å². The average molecular weight is 486 g/mol. The first-order valence-electron chi connectivity index (χ1n) is 10.2. The van der Waals surface area contributed by atoms with Crippen molar-refractivity contribution >= 4 is 29.5 Å². The molecule has 0 saturated heterocycles. The summed E-state index contributed by atoms with van der Waals surface area (Å²) < 4.78 is 4.71. The first-order valence-corrected chi connectivity index (χ1v) is 12.1. The number of esters is 1. The summed E-state index contributed by atoms with van der Waals surface area (Å²) in [6.45, 7) is 0. The minimum Gasteiger partial charge on any atom is -0.465 e. The van der Waals surface area contributed by atoms with E-state index in [1.165, 1.54) is 18.9 Å². The maximum atomic E-state index is 12.6. The number of H-pyrrole nitrogens is 1. The van der Waals surface area contributed by atoms with E-state index >= 15 is 0 Å². The predicted molar refractivity (Wildman–Crippen MR) is 133 cm³/mol. The predicted octanol–water partition coefficient (Wildman–Crippen LogP) is 5.54. The minimum absolute atomic E-state index is 0.0183. The summed E-state index contributed by atoms with van der Waals surface area (Å²) >= 11 is 2.98. The van der Waals surface area contributed by atoms with E-state index in [4.69, 9.17) is 4.74 Å². The number of aromatic amines is 1. The van der Waals surface area contributed by atoms with Crippen molar-refractivity contribution in [3.63, 3.8) is 0 Å². The van der Waals surface area contributed by atoms with Crippen molar-refractivity contribution in [2.24, 2.45) is 0 Å². The lowest BCUT2D eigenvalue weighted by molar-refractivity contribution is 0.0600. The maximum absolute atomic E-state index is 12.6. The van der Waals surface area contributed by atoms with Crippen LogP contribution in [0.15, 0.2) is 98.6 Å². The number of rotatable bonds is 7. The fourth-order valence-electron chi connectivity index (χ4n) is 3.15. The van der Waals surface area contributed by atoms with Gasteiger partial charge in [-0.1, -0.05) is 66.0 Å². The van der Waals surface area contributed by atoms with Gasteiger partial charge in [0.1, 0.15) is 11.6 Å². The molecule has 3 aromatic carbocycles. The lowest BCUT2D eigenvalue weighted by atomic mass is 10.1. The highest BCUT2D eigenvalue weighted by molar-refractivity contribution is 7.99. The number of nitriles is 1. The van der Waals surface area contributed by atoms with E-state index in [-0.39, 0.29) is 5.56 Å². The molecule has 0 bridgehead atoms. The van der Waals surface area contributed by atoms with Crippen LogP contribution in [0.2, 0.25) is 0 Å². The SMILES string of the molecule is COC(=O)c1ccc(CSc2nc(-c3ccc(Sc4ccccc4)cc3)c(C#N)c(=O)[nH]2)cc1. The number of nitrogens with zero attached hydrogens (tertiary/aromatic N) is 2. The first kappa shape index (κ1) is 23.4. The third-order valence-corrected chi connectivity index (χ3v) is 6.83. The molecule has 0 aliphatic heterocycles. The molecule has 0 spiro atoms. The number of aromatic nitrogens is 2. The molecule has 0 amide bonds. The third kappa shape index (κ3) is 5.57. The molecule has 6 nitrogen and oxygen atoms in total. The van der Waals surface area contributed by atoms with Crippen LogP contribution in [0.5, 0.6) is 0 Å². The van der Waals surface area contributed by atoms with Gasteiger partial charge in [0.2, 0.25) is 0 Å². The molecule has 34 heavy (non-hydrogen) atoms. The van der Waals surface area contributed by atoms with E-state index < -0.39 is 11.5 Å². The fraction of sp³-hybridized carbons (Fsp3) is 0.0769. The summed E-state index contributed by atoms with van der Waals surface area (Å²) in [5, 5.41) is 9.96. The number of carbonyl (C=O) groups excluding carboxylic acids is 1. The van der Waals surface area contributed by atoms with Crippen LogP contribution in [-0.4, -0.2) is 23.0 Å². The van der Waals surface area contributed by atoms with Gasteiger partial charge in [-0.3, -0.25) is 4.79 Å². The van der Waals surface area contributed by atoms with Crippen molar-refractivity contribution in [1.82, 2.24) is 9.97 Å². The zero-order chi connectivity index (χ0) is 23.9. The van der Waals surface area contributed by atoms with Crippen LogP contribution in [0.4, 0.5) is 0 Å². The number of methoxy groups -OCH3 is 1. The van der Waals surface area contributed by atoms with Gasteiger partial charge in [0.05, 0.1) is 18.4 Å².